The van der Waals surface area contributed by atoms with Crippen LogP contribution in [-0.4, -0.2) is 138 Å². The summed E-state index contributed by atoms with van der Waals surface area (Å²) in [5, 5.41) is 49.8. The van der Waals surface area contributed by atoms with Crippen molar-refractivity contribution < 1.29 is 43.8 Å². The summed E-state index contributed by atoms with van der Waals surface area (Å²) in [7, 11) is 1.60. The van der Waals surface area contributed by atoms with Gasteiger partial charge in [-0.1, -0.05) is 0 Å². The van der Waals surface area contributed by atoms with Crippen molar-refractivity contribution in [2.75, 3.05) is 33.4 Å². The van der Waals surface area contributed by atoms with Crippen LogP contribution in [0.4, 0.5) is 4.39 Å². The van der Waals surface area contributed by atoms with E-state index in [1.807, 2.05) is 0 Å². The third kappa shape index (κ3) is 7.36. The van der Waals surface area contributed by atoms with Crippen molar-refractivity contribution in [2.45, 2.75) is 124 Å². The Balaban J connectivity index is 1.53. The number of hydrogen-bond acceptors (Lipinski definition) is 13. The summed E-state index contributed by atoms with van der Waals surface area (Å²) in [6.45, 7) is 1.54. The van der Waals surface area contributed by atoms with Crippen LogP contribution in [0.15, 0.2) is 4.99 Å². The van der Waals surface area contributed by atoms with Gasteiger partial charge in [0.05, 0.1) is 30.8 Å². The predicted octanol–water partition coefficient (Wildman–Crippen LogP) is -3.06. The molecule has 2 heterocycles. The normalized spacial score (nSPS) is 45.3. The van der Waals surface area contributed by atoms with E-state index in [1.54, 1.807) is 7.05 Å². The molecule has 238 valence electrons. The second kappa shape index (κ2) is 13.7. The van der Waals surface area contributed by atoms with Crippen molar-refractivity contribution in [3.8, 4) is 0 Å². The van der Waals surface area contributed by atoms with Crippen molar-refractivity contribution in [2.24, 2.45) is 22.2 Å². The van der Waals surface area contributed by atoms with E-state index in [-0.39, 0.29) is 31.5 Å². The zero-order valence-electron chi connectivity index (χ0n) is 23.9. The molecule has 0 aromatic heterocycles. The fourth-order valence-corrected chi connectivity index (χ4v) is 6.12. The molecule has 0 aromatic carbocycles. The molecule has 14 nitrogen and oxygen atoms in total. The minimum absolute atomic E-state index is 0.0310. The molecule has 2 saturated carbocycles. The fraction of sp³-hybridized carbons (Fsp3) is 0.962. The minimum atomic E-state index is -1.37. The van der Waals surface area contributed by atoms with Crippen molar-refractivity contribution in [1.29, 1.82) is 0 Å². The number of halogens is 1. The number of amidine groups is 1. The summed E-state index contributed by atoms with van der Waals surface area (Å²) in [5.41, 5.74) is 16.4. The molecule has 0 radical (unpaired) electrons. The molecule has 0 bridgehead atoms. The lowest BCUT2D eigenvalue weighted by Gasteiger charge is -2.48. The maximum Gasteiger partial charge on any atom is 0.185 e. The lowest BCUT2D eigenvalue weighted by Crippen LogP contribution is -2.68. The highest BCUT2D eigenvalue weighted by atomic mass is 19.1. The topological polar surface area (TPSA) is 232 Å². The summed E-state index contributed by atoms with van der Waals surface area (Å²) < 4.78 is 36.6. The first kappa shape index (κ1) is 32.8. The summed E-state index contributed by atoms with van der Waals surface area (Å²) in [5.74, 6) is 0.0310. The van der Waals surface area contributed by atoms with Gasteiger partial charge in [0, 0.05) is 19.1 Å². The van der Waals surface area contributed by atoms with E-state index >= 15 is 0 Å². The van der Waals surface area contributed by atoms with Gasteiger partial charge in [-0.05, 0) is 52.5 Å². The van der Waals surface area contributed by atoms with Crippen LogP contribution in [0.1, 0.15) is 45.4 Å². The molecule has 2 aliphatic heterocycles. The number of hydrogen-bond donors (Lipinski definition) is 9. The van der Waals surface area contributed by atoms with Gasteiger partial charge >= 0.3 is 0 Å². The standard InChI is InChI=1S/C26H49FN6O8/c1-25(36)12-38-23(18(35)21(25)31-2)41-20-16(33-24(30)26(37)6-3-7-26)10-15(29)19(17(20)34)40-22-14(28)5-4-13(39-22)11-32-9-8-27/h13-23,31-32,34-37H,3-12,28-29H2,1-2H3,(H2,30,33)/t13-,14+,15-,16+,17-,18+,19+,20-,21+,22+,23+,25-/m0/s1. The lowest BCUT2D eigenvalue weighted by atomic mass is 9.78. The Labute approximate surface area is 240 Å². The summed E-state index contributed by atoms with van der Waals surface area (Å²) >= 11 is 0. The van der Waals surface area contributed by atoms with Gasteiger partial charge in [-0.15, -0.1) is 0 Å². The SMILES string of the molecule is CN[C@@H]1[C@@H](O)[C@@H](O[C@@H]2[C@@H](O)[C@H](O[C@H]3O[C@H](CNCCF)CC[C@H]3N)[C@@H](N)C[C@H]2N=C(N)C2(O)CCC2)OC[C@]1(C)O. The van der Waals surface area contributed by atoms with Crippen LogP contribution in [0.2, 0.25) is 0 Å². The molecule has 41 heavy (non-hydrogen) atoms. The number of nitrogens with zero attached hydrogens (tertiary/aromatic N) is 1. The molecule has 4 fully saturated rings. The van der Waals surface area contributed by atoms with Gasteiger partial charge in [0.15, 0.2) is 12.6 Å². The fourth-order valence-electron chi connectivity index (χ4n) is 6.12. The first-order valence-electron chi connectivity index (χ1n) is 14.6. The van der Waals surface area contributed by atoms with E-state index in [2.05, 4.69) is 15.6 Å². The van der Waals surface area contributed by atoms with Gasteiger partial charge in [0.2, 0.25) is 0 Å². The van der Waals surface area contributed by atoms with Gasteiger partial charge in [-0.25, -0.2) is 4.39 Å². The average molecular weight is 593 g/mol. The average Bonchev–Trinajstić information content (AvgIpc) is 2.90. The van der Waals surface area contributed by atoms with Crippen LogP contribution in [0.3, 0.4) is 0 Å². The number of likely N-dealkylation sites (N-methyl/N-ethyl adjacent to an activating group) is 1. The molecule has 0 aromatic rings. The zero-order valence-corrected chi connectivity index (χ0v) is 23.9. The van der Waals surface area contributed by atoms with Crippen LogP contribution in [0.5, 0.6) is 0 Å². The Kier molecular flexibility index (Phi) is 11.0. The number of ether oxygens (including phenoxy) is 4. The monoisotopic (exact) mass is 592 g/mol. The third-order valence-corrected chi connectivity index (χ3v) is 8.82. The number of aliphatic hydroxyl groups excluding tert-OH is 2. The molecule has 2 saturated heterocycles. The zero-order chi connectivity index (χ0) is 29.9. The maximum atomic E-state index is 12.5. The summed E-state index contributed by atoms with van der Waals surface area (Å²) in [6.07, 6.45) is -3.94. The quantitative estimate of drug-likeness (QED) is 0.0659. The highest BCUT2D eigenvalue weighted by Crippen LogP contribution is 2.36. The highest BCUT2D eigenvalue weighted by molar-refractivity contribution is 5.89. The van der Waals surface area contributed by atoms with Crippen molar-refractivity contribution in [3.05, 3.63) is 0 Å². The predicted molar refractivity (Wildman–Crippen MR) is 146 cm³/mol. The van der Waals surface area contributed by atoms with Gasteiger partial charge in [-0.2, -0.15) is 0 Å². The molecular formula is C26H49FN6O8. The van der Waals surface area contributed by atoms with E-state index in [4.69, 9.17) is 36.1 Å². The van der Waals surface area contributed by atoms with Crippen LogP contribution in [-0.2, 0) is 18.9 Å². The maximum absolute atomic E-state index is 12.5. The lowest BCUT2D eigenvalue weighted by molar-refractivity contribution is -0.306. The molecule has 15 heteroatoms. The Morgan fingerprint density at radius 1 is 1.07 bits per heavy atom. The van der Waals surface area contributed by atoms with Crippen LogP contribution in [0.25, 0.3) is 0 Å². The first-order chi connectivity index (χ1) is 19.4. The number of aliphatic hydroxyl groups is 4. The first-order valence-corrected chi connectivity index (χ1v) is 14.6. The van der Waals surface area contributed by atoms with Gasteiger partial charge < -0.3 is 67.2 Å². The second-order valence-electron chi connectivity index (χ2n) is 12.1. The molecule has 4 rings (SSSR count). The van der Waals surface area contributed by atoms with E-state index in [0.717, 1.165) is 6.42 Å². The van der Waals surface area contributed by atoms with Gasteiger partial charge in [0.1, 0.15) is 48.1 Å². The molecule has 12 atom stereocenters. The van der Waals surface area contributed by atoms with Gasteiger partial charge in [0.25, 0.3) is 0 Å². The van der Waals surface area contributed by atoms with Crippen LogP contribution >= 0.6 is 0 Å². The van der Waals surface area contributed by atoms with Crippen molar-refractivity contribution >= 4 is 5.84 Å². The summed E-state index contributed by atoms with van der Waals surface area (Å²) in [4.78, 5) is 4.55. The Bertz CT molecular complexity index is 885. The van der Waals surface area contributed by atoms with E-state index in [0.29, 0.717) is 32.2 Å². The van der Waals surface area contributed by atoms with Crippen molar-refractivity contribution in [3.63, 3.8) is 0 Å². The molecular weight excluding hydrogens is 543 g/mol. The van der Waals surface area contributed by atoms with E-state index in [1.165, 1.54) is 6.92 Å². The molecule has 2 aliphatic carbocycles. The number of nitrogens with one attached hydrogen (secondary N) is 2. The van der Waals surface area contributed by atoms with Crippen molar-refractivity contribution in [1.82, 2.24) is 10.6 Å². The Morgan fingerprint density at radius 3 is 2.41 bits per heavy atom. The highest BCUT2D eigenvalue weighted by Gasteiger charge is 2.52. The number of alkyl halides is 1. The second-order valence-corrected chi connectivity index (χ2v) is 12.1. The van der Waals surface area contributed by atoms with E-state index < -0.39 is 79.0 Å². The molecule has 4 aliphatic rings. The molecule has 0 spiro atoms. The van der Waals surface area contributed by atoms with Crippen LogP contribution < -0.4 is 27.8 Å². The molecule has 0 amide bonds. The Hall–Kier alpha value is -1.08. The third-order valence-electron chi connectivity index (χ3n) is 8.82. The van der Waals surface area contributed by atoms with Crippen LogP contribution in [0, 0.1) is 0 Å². The number of aliphatic imine (C=N–C) groups is 1. The number of rotatable bonds is 11. The number of nitrogens with two attached hydrogens (primary N) is 3. The molecule has 0 unspecified atom stereocenters. The molecule has 12 N–H and O–H groups in total. The Morgan fingerprint density at radius 2 is 1.78 bits per heavy atom. The summed E-state index contributed by atoms with van der Waals surface area (Å²) in [6, 6.07) is -2.79. The van der Waals surface area contributed by atoms with Gasteiger partial charge in [-0.3, -0.25) is 4.99 Å². The minimum Gasteiger partial charge on any atom is -0.388 e. The smallest absolute Gasteiger partial charge is 0.185 e. The van der Waals surface area contributed by atoms with E-state index in [9.17, 15) is 24.8 Å². The largest absolute Gasteiger partial charge is 0.388 e.